The number of hydrogen-bond acceptors (Lipinski definition) is 5. The molecule has 0 saturated heterocycles. The monoisotopic (exact) mass is 401 g/mol. The molecule has 0 fully saturated rings. The molecule has 3 aromatic rings. The zero-order valence-corrected chi connectivity index (χ0v) is 16.2. The number of carbonyl (C=O) groups is 1. The maximum atomic E-state index is 12.5. The lowest BCUT2D eigenvalue weighted by Gasteiger charge is -2.09. The molecule has 0 bridgehead atoms. The lowest BCUT2D eigenvalue weighted by molar-refractivity contribution is 0.0976. The first-order valence-corrected chi connectivity index (χ1v) is 9.86. The van der Waals surface area contributed by atoms with E-state index in [0.29, 0.717) is 22.1 Å². The summed E-state index contributed by atoms with van der Waals surface area (Å²) in [5, 5.41) is 0.563. The Kier molecular flexibility index (Phi) is 5.25. The van der Waals surface area contributed by atoms with Gasteiger partial charge < -0.3 is 0 Å². The van der Waals surface area contributed by atoms with Crippen LogP contribution in [0.2, 0.25) is 5.02 Å². The van der Waals surface area contributed by atoms with Gasteiger partial charge >= 0.3 is 0 Å². The van der Waals surface area contributed by atoms with Gasteiger partial charge in [-0.05, 0) is 56.3 Å². The Labute approximate surface area is 162 Å². The molecule has 0 unspecified atom stereocenters. The highest BCUT2D eigenvalue weighted by molar-refractivity contribution is 7.90. The van der Waals surface area contributed by atoms with Gasteiger partial charge in [0.25, 0.3) is 15.9 Å². The van der Waals surface area contributed by atoms with E-state index >= 15 is 0 Å². The largest absolute Gasteiger partial charge is 0.283 e. The summed E-state index contributed by atoms with van der Waals surface area (Å²) in [6.07, 6.45) is 0. The van der Waals surface area contributed by atoms with E-state index in [-0.39, 0.29) is 10.6 Å². The lowest BCUT2D eigenvalue weighted by Crippen LogP contribution is -2.31. The Morgan fingerprint density at radius 3 is 2.22 bits per heavy atom. The Morgan fingerprint density at radius 2 is 1.59 bits per heavy atom. The van der Waals surface area contributed by atoms with E-state index in [1.165, 1.54) is 18.2 Å². The molecule has 6 nitrogen and oxygen atoms in total. The fourth-order valence-electron chi connectivity index (χ4n) is 2.36. The number of nitrogens with zero attached hydrogens (tertiary/aromatic N) is 2. The lowest BCUT2D eigenvalue weighted by atomic mass is 10.2. The van der Waals surface area contributed by atoms with Crippen molar-refractivity contribution in [1.29, 1.82) is 0 Å². The van der Waals surface area contributed by atoms with Crippen molar-refractivity contribution in [2.24, 2.45) is 0 Å². The smallest absolute Gasteiger partial charge is 0.266 e. The first-order chi connectivity index (χ1) is 12.7. The molecule has 1 N–H and O–H groups in total. The average molecular weight is 402 g/mol. The average Bonchev–Trinajstić information content (AvgIpc) is 2.62. The minimum absolute atomic E-state index is 0.00477. The molecule has 1 heterocycles. The van der Waals surface area contributed by atoms with Crippen LogP contribution in [-0.2, 0) is 10.0 Å². The molecule has 0 aliphatic heterocycles. The van der Waals surface area contributed by atoms with Crippen molar-refractivity contribution in [3.05, 3.63) is 76.6 Å². The molecule has 1 amide bonds. The quantitative estimate of drug-likeness (QED) is 0.722. The number of nitrogens with one attached hydrogen (secondary N) is 1. The third-order valence-electron chi connectivity index (χ3n) is 3.75. The van der Waals surface area contributed by atoms with E-state index < -0.39 is 15.9 Å². The van der Waals surface area contributed by atoms with Crippen molar-refractivity contribution in [2.75, 3.05) is 0 Å². The van der Waals surface area contributed by atoms with Gasteiger partial charge in [0.1, 0.15) is 5.69 Å². The number of hydrogen-bond donors (Lipinski definition) is 1. The van der Waals surface area contributed by atoms with Crippen molar-refractivity contribution in [2.45, 2.75) is 18.7 Å². The van der Waals surface area contributed by atoms with Crippen LogP contribution in [0.4, 0.5) is 0 Å². The fraction of sp³-hybridized carbons (Fsp3) is 0.105. The molecular formula is C19H16ClN3O3S. The highest BCUT2D eigenvalue weighted by atomic mass is 35.5. The summed E-state index contributed by atoms with van der Waals surface area (Å²) in [4.78, 5) is 21.0. The topological polar surface area (TPSA) is 89.0 Å². The van der Waals surface area contributed by atoms with Crippen LogP contribution in [0, 0.1) is 13.8 Å². The van der Waals surface area contributed by atoms with E-state index in [1.807, 2.05) is 11.6 Å². The van der Waals surface area contributed by atoms with Gasteiger partial charge in [-0.1, -0.05) is 29.3 Å². The van der Waals surface area contributed by atoms with Crippen LogP contribution < -0.4 is 4.72 Å². The van der Waals surface area contributed by atoms with E-state index in [9.17, 15) is 13.2 Å². The Morgan fingerprint density at radius 1 is 0.963 bits per heavy atom. The molecule has 0 atom stereocenters. The number of sulfonamides is 1. The van der Waals surface area contributed by atoms with Crippen molar-refractivity contribution < 1.29 is 13.2 Å². The van der Waals surface area contributed by atoms with Crippen LogP contribution in [-0.4, -0.2) is 24.3 Å². The van der Waals surface area contributed by atoms with Crippen LogP contribution in [0.25, 0.3) is 11.4 Å². The number of halogens is 1. The third-order valence-corrected chi connectivity index (χ3v) is 5.35. The molecule has 0 spiro atoms. The van der Waals surface area contributed by atoms with Crippen molar-refractivity contribution in [1.82, 2.24) is 14.7 Å². The zero-order chi connectivity index (χ0) is 19.6. The summed E-state index contributed by atoms with van der Waals surface area (Å²) in [7, 11) is -4.00. The van der Waals surface area contributed by atoms with Crippen molar-refractivity contribution >= 4 is 27.5 Å². The SMILES string of the molecule is Cc1ccc(S(=O)(=O)NC(=O)c2cc(C)nc(-c3ccc(Cl)cc3)n2)cc1. The number of aryl methyl sites for hydroxylation is 2. The second kappa shape index (κ2) is 7.46. The van der Waals surface area contributed by atoms with Crippen LogP contribution >= 0.6 is 11.6 Å². The highest BCUT2D eigenvalue weighted by Crippen LogP contribution is 2.19. The maximum absolute atomic E-state index is 12.5. The van der Waals surface area contributed by atoms with Crippen molar-refractivity contribution in [3.8, 4) is 11.4 Å². The zero-order valence-electron chi connectivity index (χ0n) is 14.6. The first kappa shape index (κ1) is 19.0. The molecule has 2 aromatic carbocycles. The van der Waals surface area contributed by atoms with Gasteiger partial charge in [0.15, 0.2) is 5.82 Å². The molecule has 0 radical (unpaired) electrons. The standard InChI is InChI=1S/C19H16ClN3O3S/c1-12-3-9-16(10-4-12)27(25,26)23-19(24)17-11-13(2)21-18(22-17)14-5-7-15(20)8-6-14/h3-11H,1-2H3,(H,23,24). The van der Waals surface area contributed by atoms with Crippen LogP contribution in [0.5, 0.6) is 0 Å². The number of carbonyl (C=O) groups excluding carboxylic acids is 1. The Bertz CT molecular complexity index is 1100. The summed E-state index contributed by atoms with van der Waals surface area (Å²) in [6, 6.07) is 14.4. The minimum atomic E-state index is -4.00. The van der Waals surface area contributed by atoms with E-state index in [0.717, 1.165) is 5.56 Å². The Hall–Kier alpha value is -2.77. The van der Waals surface area contributed by atoms with Gasteiger partial charge in [-0.3, -0.25) is 4.79 Å². The predicted molar refractivity (Wildman–Crippen MR) is 103 cm³/mol. The molecule has 8 heteroatoms. The number of amides is 1. The van der Waals surface area contributed by atoms with Gasteiger partial charge in [-0.15, -0.1) is 0 Å². The third kappa shape index (κ3) is 4.50. The second-order valence-electron chi connectivity index (χ2n) is 5.97. The number of aromatic nitrogens is 2. The van der Waals surface area contributed by atoms with Crippen LogP contribution in [0.1, 0.15) is 21.7 Å². The molecule has 3 rings (SSSR count). The van der Waals surface area contributed by atoms with Gasteiger partial charge in [0, 0.05) is 16.3 Å². The fourth-order valence-corrected chi connectivity index (χ4v) is 3.45. The molecule has 0 aliphatic rings. The molecule has 0 aliphatic carbocycles. The molecule has 138 valence electrons. The van der Waals surface area contributed by atoms with Gasteiger partial charge in [-0.25, -0.2) is 23.1 Å². The normalized spacial score (nSPS) is 11.2. The van der Waals surface area contributed by atoms with Crippen LogP contribution in [0.15, 0.2) is 59.5 Å². The molecule has 27 heavy (non-hydrogen) atoms. The Balaban J connectivity index is 1.90. The van der Waals surface area contributed by atoms with Gasteiger partial charge in [0.05, 0.1) is 4.90 Å². The minimum Gasteiger partial charge on any atom is -0.266 e. The summed E-state index contributed by atoms with van der Waals surface area (Å²) in [6.45, 7) is 3.54. The second-order valence-corrected chi connectivity index (χ2v) is 8.09. The van der Waals surface area contributed by atoms with E-state index in [1.54, 1.807) is 43.3 Å². The van der Waals surface area contributed by atoms with E-state index in [2.05, 4.69) is 9.97 Å². The molecule has 1 aromatic heterocycles. The van der Waals surface area contributed by atoms with Crippen molar-refractivity contribution in [3.63, 3.8) is 0 Å². The molecule has 0 saturated carbocycles. The van der Waals surface area contributed by atoms with Gasteiger partial charge in [0.2, 0.25) is 0 Å². The number of benzene rings is 2. The molecular weight excluding hydrogens is 386 g/mol. The van der Waals surface area contributed by atoms with Gasteiger partial charge in [-0.2, -0.15) is 0 Å². The predicted octanol–water partition coefficient (Wildman–Crippen LogP) is 3.53. The summed E-state index contributed by atoms with van der Waals surface area (Å²) in [5.41, 5.74) is 2.08. The maximum Gasteiger partial charge on any atom is 0.283 e. The van der Waals surface area contributed by atoms with Crippen LogP contribution in [0.3, 0.4) is 0 Å². The summed E-state index contributed by atoms with van der Waals surface area (Å²) in [5.74, 6) is -0.513. The first-order valence-electron chi connectivity index (χ1n) is 8.00. The van der Waals surface area contributed by atoms with E-state index in [4.69, 9.17) is 11.6 Å². The summed E-state index contributed by atoms with van der Waals surface area (Å²) < 4.78 is 26.9. The summed E-state index contributed by atoms with van der Waals surface area (Å²) >= 11 is 5.88. The number of rotatable bonds is 4. The highest BCUT2D eigenvalue weighted by Gasteiger charge is 2.20.